The van der Waals surface area contributed by atoms with E-state index in [0.717, 1.165) is 37.9 Å². The summed E-state index contributed by atoms with van der Waals surface area (Å²) < 4.78 is 32.3. The molecule has 7 nitrogen and oxygen atoms in total. The fraction of sp³-hybridized carbons (Fsp3) is 0.600. The number of aromatic amines is 1. The predicted molar refractivity (Wildman–Crippen MR) is 104 cm³/mol. The van der Waals surface area contributed by atoms with Crippen LogP contribution in [0.25, 0.3) is 11.0 Å². The molecule has 1 aromatic heterocycles. The van der Waals surface area contributed by atoms with Gasteiger partial charge in [-0.2, -0.15) is 0 Å². The number of piperidine rings is 1. The molecule has 4 rings (SSSR count). The Morgan fingerprint density at radius 2 is 2.07 bits per heavy atom. The lowest BCUT2D eigenvalue weighted by atomic mass is 9.94. The first-order valence-electron chi connectivity index (χ1n) is 10.0. The zero-order chi connectivity index (χ0) is 20.6. The Morgan fingerprint density at radius 3 is 2.79 bits per heavy atom. The Labute approximate surface area is 167 Å². The molecule has 0 bridgehead atoms. The highest BCUT2D eigenvalue weighted by Crippen LogP contribution is 2.34. The molecule has 9 heteroatoms. The van der Waals surface area contributed by atoms with E-state index >= 15 is 0 Å². The molecule has 0 spiro atoms. The summed E-state index contributed by atoms with van der Waals surface area (Å²) in [6.45, 7) is 4.00. The predicted octanol–water partition coefficient (Wildman–Crippen LogP) is 2.68. The highest BCUT2D eigenvalue weighted by atomic mass is 19.1. The van der Waals surface area contributed by atoms with E-state index in [0.29, 0.717) is 18.6 Å². The number of benzene rings is 1. The molecule has 2 aromatic rings. The van der Waals surface area contributed by atoms with Crippen molar-refractivity contribution in [3.05, 3.63) is 34.5 Å². The maximum atomic E-state index is 13.4. The second kappa shape index (κ2) is 7.78. The van der Waals surface area contributed by atoms with Crippen LogP contribution in [0.2, 0.25) is 0 Å². The molecule has 1 unspecified atom stereocenters. The minimum Gasteiger partial charge on any atom is -0.447 e. The minimum atomic E-state index is -0.676. The normalized spacial score (nSPS) is 23.8. The Balaban J connectivity index is 1.42. The van der Waals surface area contributed by atoms with Crippen molar-refractivity contribution >= 4 is 17.1 Å². The monoisotopic (exact) mass is 408 g/mol. The lowest BCUT2D eigenvalue weighted by molar-refractivity contribution is 0.0621. The standard InChI is InChI=1S/C20H26F2N4O3/c1-20(6-10-24(13-20)19(28)29-11-7-21)25-8-4-15(5-9-25)26-17-3-2-14(22)12-16(17)23-18(26)27/h2-3,12,15H,4-11,13H2,1H3,(H,23,27). The van der Waals surface area contributed by atoms with Crippen molar-refractivity contribution in [1.82, 2.24) is 19.4 Å². The first-order valence-corrected chi connectivity index (χ1v) is 10.0. The van der Waals surface area contributed by atoms with Crippen LogP contribution in [0.4, 0.5) is 13.6 Å². The molecule has 0 aliphatic carbocycles. The summed E-state index contributed by atoms with van der Waals surface area (Å²) in [5.74, 6) is -0.371. The van der Waals surface area contributed by atoms with Gasteiger partial charge in [0.05, 0.1) is 11.0 Å². The van der Waals surface area contributed by atoms with Crippen molar-refractivity contribution in [2.75, 3.05) is 39.5 Å². The number of nitrogens with zero attached hydrogens (tertiary/aromatic N) is 3. The van der Waals surface area contributed by atoms with Gasteiger partial charge in [-0.15, -0.1) is 0 Å². The maximum absolute atomic E-state index is 13.4. The molecule has 29 heavy (non-hydrogen) atoms. The number of fused-ring (bicyclic) bond motifs is 1. The average molecular weight is 408 g/mol. The first kappa shape index (κ1) is 19.9. The molecule has 0 radical (unpaired) electrons. The quantitative estimate of drug-likeness (QED) is 0.845. The lowest BCUT2D eigenvalue weighted by Crippen LogP contribution is -2.52. The third-order valence-electron chi connectivity index (χ3n) is 6.28. The van der Waals surface area contributed by atoms with Gasteiger partial charge in [-0.1, -0.05) is 0 Å². The van der Waals surface area contributed by atoms with Crippen LogP contribution in [0, 0.1) is 5.82 Å². The van der Waals surface area contributed by atoms with E-state index in [9.17, 15) is 18.4 Å². The summed E-state index contributed by atoms with van der Waals surface area (Å²) in [5, 5.41) is 0. The van der Waals surface area contributed by atoms with Crippen LogP contribution < -0.4 is 5.69 Å². The molecular formula is C20H26F2N4O3. The molecule has 2 fully saturated rings. The number of rotatable bonds is 4. The summed E-state index contributed by atoms with van der Waals surface area (Å²) in [6, 6.07) is 4.41. The number of hydrogen-bond acceptors (Lipinski definition) is 4. The van der Waals surface area contributed by atoms with Crippen molar-refractivity contribution in [2.45, 2.75) is 37.8 Å². The highest BCUT2D eigenvalue weighted by molar-refractivity contribution is 5.75. The molecule has 1 amide bonds. The highest BCUT2D eigenvalue weighted by Gasteiger charge is 2.42. The number of nitrogens with one attached hydrogen (secondary N) is 1. The summed E-state index contributed by atoms with van der Waals surface area (Å²) in [6.07, 6.45) is 1.96. The van der Waals surface area contributed by atoms with Gasteiger partial charge in [0.25, 0.3) is 0 Å². The van der Waals surface area contributed by atoms with Gasteiger partial charge >= 0.3 is 11.8 Å². The minimum absolute atomic E-state index is 0.0496. The van der Waals surface area contributed by atoms with Gasteiger partial charge in [0.15, 0.2) is 0 Å². The largest absolute Gasteiger partial charge is 0.447 e. The van der Waals surface area contributed by atoms with Crippen LogP contribution in [0.1, 0.15) is 32.2 Å². The smallest absolute Gasteiger partial charge is 0.409 e. The molecule has 2 aliphatic rings. The molecule has 2 aliphatic heterocycles. The molecule has 1 aromatic carbocycles. The van der Waals surface area contributed by atoms with E-state index in [2.05, 4.69) is 16.8 Å². The maximum Gasteiger partial charge on any atom is 0.409 e. The lowest BCUT2D eigenvalue weighted by Gasteiger charge is -2.43. The van der Waals surface area contributed by atoms with Crippen molar-refractivity contribution in [1.29, 1.82) is 0 Å². The van der Waals surface area contributed by atoms with E-state index in [1.54, 1.807) is 15.5 Å². The van der Waals surface area contributed by atoms with Gasteiger partial charge in [-0.05, 0) is 44.4 Å². The van der Waals surface area contributed by atoms with Crippen molar-refractivity contribution in [2.24, 2.45) is 0 Å². The van der Waals surface area contributed by atoms with Crippen LogP contribution in [0.3, 0.4) is 0 Å². The third kappa shape index (κ3) is 3.75. The molecule has 2 saturated heterocycles. The number of ether oxygens (including phenoxy) is 1. The Morgan fingerprint density at radius 1 is 1.31 bits per heavy atom. The molecular weight excluding hydrogens is 382 g/mol. The Hall–Kier alpha value is -2.42. The summed E-state index contributed by atoms with van der Waals surface area (Å²) in [5.41, 5.74) is 0.873. The van der Waals surface area contributed by atoms with Crippen molar-refractivity contribution < 1.29 is 18.3 Å². The molecule has 0 saturated carbocycles. The summed E-state index contributed by atoms with van der Waals surface area (Å²) in [7, 11) is 0. The number of halogens is 2. The average Bonchev–Trinajstić information content (AvgIpc) is 3.26. The number of imidazole rings is 1. The van der Waals surface area contributed by atoms with Gasteiger partial charge in [-0.25, -0.2) is 18.4 Å². The second-order valence-electron chi connectivity index (χ2n) is 8.15. The summed E-state index contributed by atoms with van der Waals surface area (Å²) in [4.78, 5) is 31.2. The topological polar surface area (TPSA) is 70.6 Å². The van der Waals surface area contributed by atoms with Crippen LogP contribution >= 0.6 is 0 Å². The number of carbonyl (C=O) groups is 1. The Bertz CT molecular complexity index is 951. The molecule has 1 atom stereocenters. The third-order valence-corrected chi connectivity index (χ3v) is 6.28. The van der Waals surface area contributed by atoms with Crippen LogP contribution in [0.5, 0.6) is 0 Å². The van der Waals surface area contributed by atoms with E-state index < -0.39 is 12.8 Å². The number of amides is 1. The molecule has 3 heterocycles. The molecule has 1 N–H and O–H groups in total. The fourth-order valence-corrected chi connectivity index (χ4v) is 4.71. The zero-order valence-electron chi connectivity index (χ0n) is 16.5. The van der Waals surface area contributed by atoms with Gasteiger partial charge in [0, 0.05) is 37.8 Å². The number of alkyl halides is 1. The van der Waals surface area contributed by atoms with E-state index in [-0.39, 0.29) is 29.7 Å². The zero-order valence-corrected chi connectivity index (χ0v) is 16.5. The SMILES string of the molecule is CC1(N2CCC(n3c(=O)[nH]c4cc(F)ccc43)CC2)CCN(C(=O)OCCF)C1. The number of hydrogen-bond donors (Lipinski definition) is 1. The van der Waals surface area contributed by atoms with E-state index in [4.69, 9.17) is 4.74 Å². The first-order chi connectivity index (χ1) is 13.9. The van der Waals surface area contributed by atoms with Gasteiger partial charge < -0.3 is 14.6 Å². The summed E-state index contributed by atoms with van der Waals surface area (Å²) >= 11 is 0. The number of likely N-dealkylation sites (tertiary alicyclic amines) is 2. The second-order valence-corrected chi connectivity index (χ2v) is 8.15. The fourth-order valence-electron chi connectivity index (χ4n) is 4.71. The van der Waals surface area contributed by atoms with E-state index in [1.165, 1.54) is 12.1 Å². The molecule has 158 valence electrons. The van der Waals surface area contributed by atoms with Crippen LogP contribution in [0.15, 0.2) is 23.0 Å². The van der Waals surface area contributed by atoms with Gasteiger partial charge in [-0.3, -0.25) is 9.47 Å². The number of aromatic nitrogens is 2. The number of carbonyl (C=O) groups excluding carboxylic acids is 1. The van der Waals surface area contributed by atoms with Crippen LogP contribution in [-0.4, -0.2) is 70.4 Å². The van der Waals surface area contributed by atoms with Crippen molar-refractivity contribution in [3.63, 3.8) is 0 Å². The number of H-pyrrole nitrogens is 1. The van der Waals surface area contributed by atoms with Gasteiger partial charge in [0.2, 0.25) is 0 Å². The van der Waals surface area contributed by atoms with Crippen LogP contribution in [-0.2, 0) is 4.74 Å². The van der Waals surface area contributed by atoms with Crippen molar-refractivity contribution in [3.8, 4) is 0 Å². The van der Waals surface area contributed by atoms with E-state index in [1.807, 2.05) is 0 Å². The Kier molecular flexibility index (Phi) is 5.33. The van der Waals surface area contributed by atoms with Gasteiger partial charge in [0.1, 0.15) is 19.1 Å².